The molecule has 0 aliphatic carbocycles. The summed E-state index contributed by atoms with van der Waals surface area (Å²) in [4.78, 5) is 0. The Labute approximate surface area is 76.3 Å². The maximum Gasteiger partial charge on any atom is 0.0471 e. The van der Waals surface area contributed by atoms with E-state index in [1.54, 1.807) is 7.11 Å². The average molecular weight is 191 g/mol. The molecule has 0 aromatic heterocycles. The van der Waals surface area contributed by atoms with Crippen molar-refractivity contribution in [3.8, 4) is 0 Å². The molecule has 1 atom stereocenters. The van der Waals surface area contributed by atoms with Crippen molar-refractivity contribution in [1.29, 1.82) is 0 Å². The molecular formula is C8H17NO2S. The van der Waals surface area contributed by atoms with Crippen LogP contribution in [0.2, 0.25) is 0 Å². The van der Waals surface area contributed by atoms with E-state index < -0.39 is 10.8 Å². The molecular weight excluding hydrogens is 174 g/mol. The van der Waals surface area contributed by atoms with Gasteiger partial charge in [0.1, 0.15) is 0 Å². The molecule has 0 aromatic carbocycles. The minimum atomic E-state index is -0.620. The van der Waals surface area contributed by atoms with Crippen LogP contribution in [-0.4, -0.2) is 42.5 Å². The van der Waals surface area contributed by atoms with E-state index in [9.17, 15) is 4.21 Å². The predicted octanol–water partition coefficient (Wildman–Crippen LogP) is -0.00900. The van der Waals surface area contributed by atoms with Gasteiger partial charge in [0.2, 0.25) is 0 Å². The van der Waals surface area contributed by atoms with Gasteiger partial charge >= 0.3 is 0 Å². The topological polar surface area (TPSA) is 38.3 Å². The lowest BCUT2D eigenvalue weighted by Crippen LogP contribution is -2.45. The molecule has 1 saturated heterocycles. The van der Waals surface area contributed by atoms with Crippen molar-refractivity contribution >= 4 is 10.8 Å². The van der Waals surface area contributed by atoms with Crippen LogP contribution in [-0.2, 0) is 15.5 Å². The average Bonchev–Trinajstić information content (AvgIpc) is 1.98. The van der Waals surface area contributed by atoms with Crippen molar-refractivity contribution in [2.24, 2.45) is 5.92 Å². The number of rotatable bonds is 6. The fourth-order valence-corrected chi connectivity index (χ4v) is 2.54. The molecule has 1 rings (SSSR count). The summed E-state index contributed by atoms with van der Waals surface area (Å²) in [7, 11) is 1.06. The monoisotopic (exact) mass is 191 g/mol. The van der Waals surface area contributed by atoms with Crippen LogP contribution < -0.4 is 5.32 Å². The van der Waals surface area contributed by atoms with Crippen LogP contribution in [0.25, 0.3) is 0 Å². The van der Waals surface area contributed by atoms with E-state index in [0.29, 0.717) is 5.92 Å². The van der Waals surface area contributed by atoms with E-state index >= 15 is 0 Å². The third-order valence-corrected chi connectivity index (χ3v) is 3.60. The van der Waals surface area contributed by atoms with Gasteiger partial charge in [-0.15, -0.1) is 0 Å². The van der Waals surface area contributed by atoms with E-state index in [1.807, 2.05) is 0 Å². The molecule has 72 valence electrons. The first-order valence-electron chi connectivity index (χ1n) is 4.37. The zero-order valence-electron chi connectivity index (χ0n) is 7.54. The van der Waals surface area contributed by atoms with Crippen LogP contribution in [0.15, 0.2) is 0 Å². The van der Waals surface area contributed by atoms with E-state index in [4.69, 9.17) is 4.74 Å². The highest BCUT2D eigenvalue weighted by Gasteiger charge is 2.18. The van der Waals surface area contributed by atoms with Gasteiger partial charge in [0.05, 0.1) is 0 Å². The summed E-state index contributed by atoms with van der Waals surface area (Å²) in [6, 6.07) is 0. The number of methoxy groups -OCH3 is 1. The molecule has 0 saturated carbocycles. The predicted molar refractivity (Wildman–Crippen MR) is 50.7 cm³/mol. The number of hydrogen-bond donors (Lipinski definition) is 1. The molecule has 4 heteroatoms. The first-order valence-corrected chi connectivity index (χ1v) is 5.86. The van der Waals surface area contributed by atoms with Crippen molar-refractivity contribution in [3.05, 3.63) is 0 Å². The quantitative estimate of drug-likeness (QED) is 0.600. The van der Waals surface area contributed by atoms with Gasteiger partial charge < -0.3 is 10.1 Å². The lowest BCUT2D eigenvalue weighted by Gasteiger charge is -2.26. The molecule has 1 unspecified atom stereocenters. The summed E-state index contributed by atoms with van der Waals surface area (Å²) in [6.45, 7) is 2.83. The van der Waals surface area contributed by atoms with E-state index in [-0.39, 0.29) is 0 Å². The van der Waals surface area contributed by atoms with Crippen molar-refractivity contribution in [3.63, 3.8) is 0 Å². The van der Waals surface area contributed by atoms with E-state index in [2.05, 4.69) is 5.32 Å². The maximum atomic E-state index is 11.3. The van der Waals surface area contributed by atoms with Crippen molar-refractivity contribution < 1.29 is 8.95 Å². The Morgan fingerprint density at radius 2 is 2.33 bits per heavy atom. The van der Waals surface area contributed by atoms with Gasteiger partial charge in [-0.3, -0.25) is 4.21 Å². The number of ether oxygens (including phenoxy) is 1. The smallest absolute Gasteiger partial charge is 0.0471 e. The summed E-state index contributed by atoms with van der Waals surface area (Å²) in [5.41, 5.74) is 0. The fourth-order valence-electron chi connectivity index (χ4n) is 1.18. The lowest BCUT2D eigenvalue weighted by molar-refractivity contribution is 0.200. The Morgan fingerprint density at radius 3 is 2.83 bits per heavy atom. The first kappa shape index (κ1) is 10.2. The molecule has 0 spiro atoms. The highest BCUT2D eigenvalue weighted by Crippen LogP contribution is 2.05. The number of nitrogens with one attached hydrogen (secondary N) is 1. The standard InChI is InChI=1S/C8H17NO2S/c1-11-3-2-4-12(10)7-8-5-9-6-8/h8-9H,2-7H2,1H3. The second kappa shape index (κ2) is 5.67. The maximum absolute atomic E-state index is 11.3. The van der Waals surface area contributed by atoms with Crippen LogP contribution in [0.5, 0.6) is 0 Å². The van der Waals surface area contributed by atoms with Crippen LogP contribution in [0.3, 0.4) is 0 Å². The van der Waals surface area contributed by atoms with Crippen LogP contribution >= 0.6 is 0 Å². The van der Waals surface area contributed by atoms with Gasteiger partial charge in [0.15, 0.2) is 0 Å². The summed E-state index contributed by atoms with van der Waals surface area (Å²) in [5, 5.41) is 3.17. The third kappa shape index (κ3) is 3.65. The minimum Gasteiger partial charge on any atom is -0.385 e. The van der Waals surface area contributed by atoms with Gasteiger partial charge in [0.25, 0.3) is 0 Å². The van der Waals surface area contributed by atoms with Gasteiger partial charge in [-0.2, -0.15) is 0 Å². The second-order valence-corrected chi connectivity index (χ2v) is 4.80. The SMILES string of the molecule is COCCCS(=O)CC1CNC1. The molecule has 1 aliphatic rings. The Morgan fingerprint density at radius 1 is 1.58 bits per heavy atom. The molecule has 0 aromatic rings. The van der Waals surface area contributed by atoms with Crippen molar-refractivity contribution in [2.75, 3.05) is 38.3 Å². The second-order valence-electron chi connectivity index (χ2n) is 3.18. The Bertz CT molecular complexity index is 148. The zero-order valence-corrected chi connectivity index (χ0v) is 8.36. The van der Waals surface area contributed by atoms with E-state index in [1.165, 1.54) is 0 Å². The van der Waals surface area contributed by atoms with Crippen LogP contribution in [0, 0.1) is 5.92 Å². The van der Waals surface area contributed by atoms with Crippen molar-refractivity contribution in [1.82, 2.24) is 5.32 Å². The lowest BCUT2D eigenvalue weighted by atomic mass is 10.1. The summed E-state index contributed by atoms with van der Waals surface area (Å²) in [6.07, 6.45) is 0.920. The minimum absolute atomic E-state index is 0.620. The normalized spacial score (nSPS) is 20.4. The summed E-state index contributed by atoms with van der Waals surface area (Å²) < 4.78 is 16.2. The van der Waals surface area contributed by atoms with Gasteiger partial charge in [0, 0.05) is 49.1 Å². The first-order chi connectivity index (χ1) is 5.83. The molecule has 0 radical (unpaired) electrons. The Hall–Kier alpha value is 0.0700. The molecule has 0 bridgehead atoms. The molecule has 1 fully saturated rings. The molecule has 1 heterocycles. The van der Waals surface area contributed by atoms with Gasteiger partial charge in [-0.05, 0) is 12.3 Å². The molecule has 12 heavy (non-hydrogen) atoms. The largest absolute Gasteiger partial charge is 0.385 e. The third-order valence-electron chi connectivity index (χ3n) is 2.01. The fraction of sp³-hybridized carbons (Fsp3) is 1.00. The highest BCUT2D eigenvalue weighted by molar-refractivity contribution is 7.84. The molecule has 0 amide bonds. The molecule has 1 N–H and O–H groups in total. The summed E-state index contributed by atoms with van der Waals surface area (Å²) >= 11 is 0. The zero-order chi connectivity index (χ0) is 8.81. The van der Waals surface area contributed by atoms with Gasteiger partial charge in [-0.25, -0.2) is 0 Å². The molecule has 1 aliphatic heterocycles. The molecule has 3 nitrogen and oxygen atoms in total. The van der Waals surface area contributed by atoms with Crippen LogP contribution in [0.1, 0.15) is 6.42 Å². The highest BCUT2D eigenvalue weighted by atomic mass is 32.2. The number of hydrogen-bond acceptors (Lipinski definition) is 3. The van der Waals surface area contributed by atoms with Crippen LogP contribution in [0.4, 0.5) is 0 Å². The van der Waals surface area contributed by atoms with E-state index in [0.717, 1.165) is 37.6 Å². The summed E-state index contributed by atoms with van der Waals surface area (Å²) in [5.74, 6) is 2.33. The Balaban J connectivity index is 1.95. The van der Waals surface area contributed by atoms with Gasteiger partial charge in [-0.1, -0.05) is 0 Å². The Kier molecular flexibility index (Phi) is 4.80. The van der Waals surface area contributed by atoms with Crippen molar-refractivity contribution in [2.45, 2.75) is 6.42 Å².